The number of carbonyl (C=O) groups is 2. The Balaban J connectivity index is 1.68. The zero-order valence-electron chi connectivity index (χ0n) is 13.8. The lowest BCUT2D eigenvalue weighted by Gasteiger charge is -2.09. The molecule has 1 amide bonds. The average molecular weight is 387 g/mol. The van der Waals surface area contributed by atoms with Gasteiger partial charge in [-0.2, -0.15) is 0 Å². The fraction of sp³-hybridized carbons (Fsp3) is 0.111. The Morgan fingerprint density at radius 3 is 2.77 bits per heavy atom. The number of nitrogens with one attached hydrogen (secondary N) is 1. The number of carbonyl (C=O) groups excluding carboxylic acids is 2. The lowest BCUT2D eigenvalue weighted by Crippen LogP contribution is -2.16. The Morgan fingerprint density at radius 2 is 2.00 bits per heavy atom. The third-order valence-corrected chi connectivity index (χ3v) is 4.69. The number of hydrogen-bond donors (Lipinski definition) is 1. The first kappa shape index (κ1) is 18.2. The Kier molecular flexibility index (Phi) is 5.70. The highest BCUT2D eigenvalue weighted by Crippen LogP contribution is 2.22. The molecule has 3 aromatic rings. The van der Waals surface area contributed by atoms with Gasteiger partial charge in [0, 0.05) is 10.6 Å². The smallest absolute Gasteiger partial charge is 0.234 e. The largest absolute Gasteiger partial charge is 0.325 e. The standard InChI is InChI=1S/C18H15ClN4O2S/c1-12(24)15-7-2-3-8-16(15)21-17(25)10-26-18-22-20-11-23(18)14-6-4-5-13(19)9-14/h2-9,11H,10H2,1H3,(H,21,25). The van der Waals surface area contributed by atoms with E-state index in [1.165, 1.54) is 18.7 Å². The zero-order chi connectivity index (χ0) is 18.5. The molecule has 0 saturated heterocycles. The number of nitrogens with zero attached hydrogens (tertiary/aromatic N) is 3. The molecule has 1 N–H and O–H groups in total. The maximum atomic E-state index is 12.3. The van der Waals surface area contributed by atoms with Crippen molar-refractivity contribution in [1.29, 1.82) is 0 Å². The van der Waals surface area contributed by atoms with E-state index in [1.54, 1.807) is 47.3 Å². The van der Waals surface area contributed by atoms with Crippen LogP contribution in [0.25, 0.3) is 5.69 Å². The van der Waals surface area contributed by atoms with Crippen LogP contribution >= 0.6 is 23.4 Å². The van der Waals surface area contributed by atoms with E-state index < -0.39 is 0 Å². The number of aromatic nitrogens is 3. The van der Waals surface area contributed by atoms with Crippen LogP contribution < -0.4 is 5.32 Å². The SMILES string of the molecule is CC(=O)c1ccccc1NC(=O)CSc1nncn1-c1cccc(Cl)c1. The molecule has 0 atom stereocenters. The molecule has 132 valence electrons. The number of para-hydroxylation sites is 1. The summed E-state index contributed by atoms with van der Waals surface area (Å²) in [6.45, 7) is 1.47. The lowest BCUT2D eigenvalue weighted by atomic mass is 10.1. The third kappa shape index (κ3) is 4.30. The maximum absolute atomic E-state index is 12.3. The van der Waals surface area contributed by atoms with Crippen molar-refractivity contribution in [2.45, 2.75) is 12.1 Å². The van der Waals surface area contributed by atoms with Crippen LogP contribution in [-0.2, 0) is 4.79 Å². The van der Waals surface area contributed by atoms with E-state index in [-0.39, 0.29) is 17.4 Å². The van der Waals surface area contributed by atoms with Gasteiger partial charge in [-0.25, -0.2) is 0 Å². The average Bonchev–Trinajstić information content (AvgIpc) is 3.09. The summed E-state index contributed by atoms with van der Waals surface area (Å²) in [5, 5.41) is 11.9. The number of anilines is 1. The second kappa shape index (κ2) is 8.16. The molecule has 0 spiro atoms. The maximum Gasteiger partial charge on any atom is 0.234 e. The van der Waals surface area contributed by atoms with Gasteiger partial charge in [0.1, 0.15) is 6.33 Å². The summed E-state index contributed by atoms with van der Waals surface area (Å²) < 4.78 is 1.76. The summed E-state index contributed by atoms with van der Waals surface area (Å²) in [4.78, 5) is 23.9. The van der Waals surface area contributed by atoms with Gasteiger partial charge in [0.2, 0.25) is 5.91 Å². The van der Waals surface area contributed by atoms with Gasteiger partial charge in [0.15, 0.2) is 10.9 Å². The lowest BCUT2D eigenvalue weighted by molar-refractivity contribution is -0.113. The van der Waals surface area contributed by atoms with Gasteiger partial charge in [-0.15, -0.1) is 10.2 Å². The van der Waals surface area contributed by atoms with Gasteiger partial charge < -0.3 is 5.32 Å². The van der Waals surface area contributed by atoms with E-state index in [1.807, 2.05) is 12.1 Å². The Labute approximate surface area is 159 Å². The zero-order valence-corrected chi connectivity index (χ0v) is 15.4. The number of rotatable bonds is 6. The molecule has 1 aromatic heterocycles. The van der Waals surface area contributed by atoms with Crippen molar-refractivity contribution in [3.8, 4) is 5.69 Å². The number of halogens is 1. The van der Waals surface area contributed by atoms with Crippen LogP contribution in [0.3, 0.4) is 0 Å². The number of ketones is 1. The van der Waals surface area contributed by atoms with Gasteiger partial charge in [-0.3, -0.25) is 14.2 Å². The first-order valence-electron chi connectivity index (χ1n) is 7.73. The summed E-state index contributed by atoms with van der Waals surface area (Å²) in [5.74, 6) is -0.204. The van der Waals surface area contributed by atoms with Crippen molar-refractivity contribution < 1.29 is 9.59 Å². The van der Waals surface area contributed by atoms with Gasteiger partial charge >= 0.3 is 0 Å². The van der Waals surface area contributed by atoms with Gasteiger partial charge in [-0.05, 0) is 37.3 Å². The van der Waals surface area contributed by atoms with Crippen LogP contribution in [-0.4, -0.2) is 32.2 Å². The second-order valence-corrected chi connectivity index (χ2v) is 6.78. The van der Waals surface area contributed by atoms with Crippen molar-refractivity contribution in [3.63, 3.8) is 0 Å². The molecule has 0 radical (unpaired) electrons. The fourth-order valence-electron chi connectivity index (χ4n) is 2.34. The molecular formula is C18H15ClN4O2S. The highest BCUT2D eigenvalue weighted by atomic mass is 35.5. The monoisotopic (exact) mass is 386 g/mol. The number of amides is 1. The van der Waals surface area contributed by atoms with Crippen molar-refractivity contribution in [2.24, 2.45) is 0 Å². The minimum Gasteiger partial charge on any atom is -0.325 e. The predicted molar refractivity (Wildman–Crippen MR) is 102 cm³/mol. The second-order valence-electron chi connectivity index (χ2n) is 5.40. The molecule has 0 unspecified atom stereocenters. The molecule has 1 heterocycles. The van der Waals surface area contributed by atoms with Gasteiger partial charge in [0.25, 0.3) is 0 Å². The van der Waals surface area contributed by atoms with Crippen LogP contribution in [0.5, 0.6) is 0 Å². The molecular weight excluding hydrogens is 372 g/mol. The molecule has 26 heavy (non-hydrogen) atoms. The van der Waals surface area contributed by atoms with Crippen molar-refractivity contribution in [1.82, 2.24) is 14.8 Å². The number of hydrogen-bond acceptors (Lipinski definition) is 5. The molecule has 8 heteroatoms. The van der Waals surface area contributed by atoms with E-state index in [2.05, 4.69) is 15.5 Å². The van der Waals surface area contributed by atoms with Gasteiger partial charge in [0.05, 0.1) is 17.1 Å². The van der Waals surface area contributed by atoms with Crippen LogP contribution in [0.15, 0.2) is 60.0 Å². The summed E-state index contributed by atoms with van der Waals surface area (Å²) in [6, 6.07) is 14.2. The minimum absolute atomic E-state index is 0.103. The predicted octanol–water partition coefficient (Wildman–Crippen LogP) is 3.85. The molecule has 0 aliphatic carbocycles. The van der Waals surface area contributed by atoms with Crippen LogP contribution in [0.4, 0.5) is 5.69 Å². The van der Waals surface area contributed by atoms with Crippen molar-refractivity contribution in [3.05, 3.63) is 65.4 Å². The molecule has 0 bridgehead atoms. The van der Waals surface area contributed by atoms with Crippen LogP contribution in [0, 0.1) is 0 Å². The summed E-state index contributed by atoms with van der Waals surface area (Å²) in [5.41, 5.74) is 1.79. The molecule has 0 saturated carbocycles. The van der Waals surface area contributed by atoms with E-state index in [0.717, 1.165) is 5.69 Å². The molecule has 2 aromatic carbocycles. The molecule has 6 nitrogen and oxygen atoms in total. The number of thioether (sulfide) groups is 1. The summed E-state index contributed by atoms with van der Waals surface area (Å²) in [7, 11) is 0. The topological polar surface area (TPSA) is 76.9 Å². The Bertz CT molecular complexity index is 958. The minimum atomic E-state index is -0.232. The number of Topliss-reactive ketones (excluding diaryl/α,β-unsaturated/α-hetero) is 1. The van der Waals surface area contributed by atoms with E-state index in [4.69, 9.17) is 11.6 Å². The van der Waals surface area contributed by atoms with E-state index in [0.29, 0.717) is 21.4 Å². The van der Waals surface area contributed by atoms with Crippen molar-refractivity contribution in [2.75, 3.05) is 11.1 Å². The van der Waals surface area contributed by atoms with E-state index in [9.17, 15) is 9.59 Å². The molecule has 3 rings (SSSR count). The normalized spacial score (nSPS) is 10.5. The summed E-state index contributed by atoms with van der Waals surface area (Å²) in [6.07, 6.45) is 1.57. The number of benzene rings is 2. The van der Waals surface area contributed by atoms with Crippen molar-refractivity contribution >= 4 is 40.7 Å². The Morgan fingerprint density at radius 1 is 1.19 bits per heavy atom. The van der Waals surface area contributed by atoms with Crippen LogP contribution in [0.2, 0.25) is 5.02 Å². The highest BCUT2D eigenvalue weighted by Gasteiger charge is 2.13. The van der Waals surface area contributed by atoms with Gasteiger partial charge in [-0.1, -0.05) is 41.6 Å². The first-order valence-corrected chi connectivity index (χ1v) is 9.09. The molecule has 0 aliphatic heterocycles. The summed E-state index contributed by atoms with van der Waals surface area (Å²) >= 11 is 7.26. The fourth-order valence-corrected chi connectivity index (χ4v) is 3.25. The Hall–Kier alpha value is -2.64. The van der Waals surface area contributed by atoms with Crippen LogP contribution in [0.1, 0.15) is 17.3 Å². The quantitative estimate of drug-likeness (QED) is 0.514. The molecule has 0 aliphatic rings. The van der Waals surface area contributed by atoms with E-state index >= 15 is 0 Å². The molecule has 0 fully saturated rings. The highest BCUT2D eigenvalue weighted by molar-refractivity contribution is 7.99. The first-order chi connectivity index (χ1) is 12.5. The third-order valence-electron chi connectivity index (χ3n) is 3.52.